The average Bonchev–Trinajstić information content (AvgIpc) is 3.00. The number of carbonyl (C=O) groups is 1. The topological polar surface area (TPSA) is 133 Å². The van der Waals surface area contributed by atoms with Crippen molar-refractivity contribution < 1.29 is 31.5 Å². The number of hydrogen-bond acceptors (Lipinski definition) is 7. The Hall–Kier alpha value is -3.16. The molecule has 0 fully saturated rings. The van der Waals surface area contributed by atoms with E-state index in [0.717, 1.165) is 5.56 Å². The molecule has 2 N–H and O–H groups in total. The third-order valence-electron chi connectivity index (χ3n) is 7.46. The first-order valence-corrected chi connectivity index (χ1v) is 17.0. The van der Waals surface area contributed by atoms with Crippen LogP contribution in [0.25, 0.3) is 0 Å². The number of carbonyl (C=O) groups excluding carboxylic acids is 1. The third-order valence-corrected chi connectivity index (χ3v) is 10.9. The number of halogens is 1. The van der Waals surface area contributed by atoms with Crippen LogP contribution in [0.5, 0.6) is 5.75 Å². The first-order valence-electron chi connectivity index (χ1n) is 13.7. The van der Waals surface area contributed by atoms with Crippen molar-refractivity contribution in [2.45, 2.75) is 49.1 Å². The first kappa shape index (κ1) is 32.7. The zero-order valence-corrected chi connectivity index (χ0v) is 26.8. The van der Waals surface area contributed by atoms with Crippen LogP contribution in [0.4, 0.5) is 5.69 Å². The van der Waals surface area contributed by atoms with Crippen molar-refractivity contribution in [3.8, 4) is 5.75 Å². The molecule has 0 aliphatic carbocycles. The molecule has 0 aromatic heterocycles. The molecule has 10 nitrogen and oxygen atoms in total. The number of likely N-dealkylation sites (N-methyl/N-ethyl adjacent to an activating group) is 1. The fourth-order valence-electron chi connectivity index (χ4n) is 4.78. The molecule has 0 radical (unpaired) electrons. The molecule has 0 unspecified atom stereocenters. The summed E-state index contributed by atoms with van der Waals surface area (Å²) in [5, 5.41) is 10.3. The number of benzene rings is 3. The lowest BCUT2D eigenvalue weighted by molar-refractivity contribution is -0.134. The Morgan fingerprint density at radius 2 is 1.67 bits per heavy atom. The van der Waals surface area contributed by atoms with Gasteiger partial charge in [0.15, 0.2) is 0 Å². The number of amides is 1. The van der Waals surface area contributed by atoms with Gasteiger partial charge >= 0.3 is 0 Å². The number of nitrogens with zero attached hydrogens (tertiary/aromatic N) is 2. The average molecular weight is 650 g/mol. The summed E-state index contributed by atoms with van der Waals surface area (Å²) in [5.74, 6) is -0.287. The molecule has 0 saturated carbocycles. The highest BCUT2D eigenvalue weighted by Gasteiger charge is 2.33. The number of sulfonamides is 2. The fourth-order valence-corrected chi connectivity index (χ4v) is 7.14. The minimum absolute atomic E-state index is 0.0388. The molecule has 4 rings (SSSR count). The van der Waals surface area contributed by atoms with Crippen LogP contribution >= 0.6 is 11.6 Å². The molecule has 3 aromatic carbocycles. The lowest BCUT2D eigenvalue weighted by Crippen LogP contribution is -2.48. The summed E-state index contributed by atoms with van der Waals surface area (Å²) in [6, 6.07) is 16.4. The molecule has 1 aliphatic heterocycles. The van der Waals surface area contributed by atoms with Crippen molar-refractivity contribution in [2.24, 2.45) is 5.92 Å². The van der Waals surface area contributed by atoms with Crippen LogP contribution in [0.15, 0.2) is 76.5 Å². The fraction of sp³-hybridized carbons (Fsp3) is 0.367. The highest BCUT2D eigenvalue weighted by atomic mass is 35.5. The second-order valence-electron chi connectivity index (χ2n) is 10.9. The van der Waals surface area contributed by atoms with Crippen LogP contribution < -0.4 is 9.46 Å². The van der Waals surface area contributed by atoms with E-state index in [2.05, 4.69) is 4.72 Å². The summed E-state index contributed by atoms with van der Waals surface area (Å²) in [5.41, 5.74) is 1.58. The van der Waals surface area contributed by atoms with Gasteiger partial charge in [-0.2, -0.15) is 4.31 Å². The lowest BCUT2D eigenvalue weighted by Gasteiger charge is -2.33. The van der Waals surface area contributed by atoms with Gasteiger partial charge in [-0.25, -0.2) is 16.8 Å². The van der Waals surface area contributed by atoms with Gasteiger partial charge < -0.3 is 14.7 Å². The van der Waals surface area contributed by atoms with Gasteiger partial charge in [-0.15, -0.1) is 0 Å². The molecule has 1 heterocycles. The Morgan fingerprint density at radius 3 is 2.30 bits per heavy atom. The normalized spacial score (nSPS) is 18.7. The molecule has 1 aliphatic rings. The number of nitrogens with one attached hydrogen (secondary N) is 1. The van der Waals surface area contributed by atoms with Crippen LogP contribution in [-0.2, 0) is 31.3 Å². The van der Waals surface area contributed by atoms with Crippen molar-refractivity contribution >= 4 is 43.2 Å². The molecule has 0 bridgehead atoms. The molecule has 232 valence electrons. The highest BCUT2D eigenvalue weighted by Crippen LogP contribution is 2.31. The SMILES string of the molecule is Cc1ccc(S(=O)(=O)Nc2ccc3c(c2)CC(=O)N([C@H](C)CO)C[C@@H](C)[C@H](CN(C)S(=O)(=O)c2ccc(Cl)cc2)O3)cc1. The maximum Gasteiger partial charge on any atom is 0.261 e. The summed E-state index contributed by atoms with van der Waals surface area (Å²) >= 11 is 5.94. The van der Waals surface area contributed by atoms with Crippen molar-refractivity contribution in [3.63, 3.8) is 0 Å². The van der Waals surface area contributed by atoms with Crippen molar-refractivity contribution in [1.82, 2.24) is 9.21 Å². The monoisotopic (exact) mass is 649 g/mol. The minimum Gasteiger partial charge on any atom is -0.488 e. The molecule has 3 atom stereocenters. The van der Waals surface area contributed by atoms with Gasteiger partial charge in [0.2, 0.25) is 15.9 Å². The second kappa shape index (κ2) is 13.2. The van der Waals surface area contributed by atoms with E-state index in [1.54, 1.807) is 36.1 Å². The summed E-state index contributed by atoms with van der Waals surface area (Å²) in [6.07, 6.45) is -0.807. The number of aryl methyl sites for hydroxylation is 1. The maximum absolute atomic E-state index is 13.5. The van der Waals surface area contributed by atoms with Gasteiger partial charge in [-0.1, -0.05) is 36.2 Å². The van der Waals surface area contributed by atoms with Crippen LogP contribution in [-0.4, -0.2) is 75.9 Å². The molecular formula is C30H36ClN3O7S2. The molecule has 43 heavy (non-hydrogen) atoms. The van der Waals surface area contributed by atoms with Crippen LogP contribution in [0.2, 0.25) is 5.02 Å². The van der Waals surface area contributed by atoms with Crippen molar-refractivity contribution in [3.05, 3.63) is 82.9 Å². The van der Waals surface area contributed by atoms with E-state index < -0.39 is 32.2 Å². The Balaban J connectivity index is 1.68. The Kier molecular flexibility index (Phi) is 10.1. The van der Waals surface area contributed by atoms with Gasteiger partial charge in [0.1, 0.15) is 11.9 Å². The third kappa shape index (κ3) is 7.68. The summed E-state index contributed by atoms with van der Waals surface area (Å²) in [7, 11) is -6.34. The van der Waals surface area contributed by atoms with E-state index >= 15 is 0 Å². The second-order valence-corrected chi connectivity index (χ2v) is 15.0. The van der Waals surface area contributed by atoms with E-state index in [9.17, 15) is 26.7 Å². The number of ether oxygens (including phenoxy) is 1. The Bertz CT molecular complexity index is 1660. The summed E-state index contributed by atoms with van der Waals surface area (Å²) in [6.45, 7) is 5.34. The van der Waals surface area contributed by atoms with Crippen LogP contribution in [0.1, 0.15) is 25.0 Å². The largest absolute Gasteiger partial charge is 0.488 e. The number of aliphatic hydroxyl groups excluding tert-OH is 1. The van der Waals surface area contributed by atoms with Gasteiger partial charge in [0.05, 0.1) is 35.4 Å². The van der Waals surface area contributed by atoms with E-state index in [4.69, 9.17) is 16.3 Å². The predicted molar refractivity (Wildman–Crippen MR) is 165 cm³/mol. The molecule has 13 heteroatoms. The van der Waals surface area contributed by atoms with E-state index in [0.29, 0.717) is 16.3 Å². The summed E-state index contributed by atoms with van der Waals surface area (Å²) in [4.78, 5) is 15.2. The van der Waals surface area contributed by atoms with Crippen molar-refractivity contribution in [1.29, 1.82) is 0 Å². The zero-order chi connectivity index (χ0) is 31.5. The summed E-state index contributed by atoms with van der Waals surface area (Å²) < 4.78 is 62.9. The Morgan fingerprint density at radius 1 is 1.05 bits per heavy atom. The van der Waals surface area contributed by atoms with Gasteiger partial charge in [0, 0.05) is 35.8 Å². The number of rotatable bonds is 9. The number of anilines is 1. The highest BCUT2D eigenvalue weighted by molar-refractivity contribution is 7.92. The molecule has 3 aromatic rings. The number of aliphatic hydroxyl groups is 1. The van der Waals surface area contributed by atoms with E-state index in [1.165, 1.54) is 53.8 Å². The van der Waals surface area contributed by atoms with E-state index in [-0.39, 0.29) is 53.4 Å². The molecule has 1 amide bonds. The molecular weight excluding hydrogens is 614 g/mol. The molecule has 0 saturated heterocycles. The Labute approximate surface area is 258 Å². The van der Waals surface area contributed by atoms with Crippen LogP contribution in [0, 0.1) is 12.8 Å². The minimum atomic E-state index is -3.90. The quantitative estimate of drug-likeness (QED) is 0.359. The standard InChI is InChI=1S/C30H36ClN3O7S2/c1-20-5-10-26(11-6-20)42(37,38)32-25-9-14-28-23(15-25)16-30(36)34(22(3)19-35)17-21(2)29(41-28)18-33(4)43(39,40)27-12-7-24(31)8-13-27/h5-15,21-22,29,32,35H,16-19H2,1-4H3/t21-,22-,29+/m1/s1. The zero-order valence-electron chi connectivity index (χ0n) is 24.4. The first-order chi connectivity index (χ1) is 20.2. The van der Waals surface area contributed by atoms with Gasteiger partial charge in [-0.3, -0.25) is 9.52 Å². The number of hydrogen-bond donors (Lipinski definition) is 2. The van der Waals surface area contributed by atoms with Gasteiger partial charge in [0.25, 0.3) is 10.0 Å². The predicted octanol–water partition coefficient (Wildman–Crippen LogP) is 3.92. The smallest absolute Gasteiger partial charge is 0.261 e. The molecule has 0 spiro atoms. The lowest BCUT2D eigenvalue weighted by atomic mass is 10.0. The van der Waals surface area contributed by atoms with Gasteiger partial charge in [-0.05, 0) is 68.4 Å². The van der Waals surface area contributed by atoms with E-state index in [1.807, 2.05) is 13.8 Å². The maximum atomic E-state index is 13.5. The van der Waals surface area contributed by atoms with Crippen LogP contribution in [0.3, 0.4) is 0 Å². The number of fused-ring (bicyclic) bond motifs is 1. The van der Waals surface area contributed by atoms with Crippen molar-refractivity contribution in [2.75, 3.05) is 31.5 Å².